The Labute approximate surface area is 88.8 Å². The monoisotopic (exact) mass is 263 g/mol. The number of rotatable bonds is 1. The fraction of sp³-hybridized carbons (Fsp3) is 0.125. The lowest BCUT2D eigenvalue weighted by Crippen LogP contribution is -2.05. The van der Waals surface area contributed by atoms with Crippen LogP contribution in [0, 0.1) is 0 Å². The summed E-state index contributed by atoms with van der Waals surface area (Å²) >= 11 is 8.86. The van der Waals surface area contributed by atoms with Crippen molar-refractivity contribution in [2.75, 3.05) is 5.32 Å². The summed E-state index contributed by atoms with van der Waals surface area (Å²) in [6.07, 6.45) is 0. The summed E-state index contributed by atoms with van der Waals surface area (Å²) in [6, 6.07) is 3.21. The Morgan fingerprint density at radius 2 is 2.23 bits per heavy atom. The largest absolute Gasteiger partial charge is 0.504 e. The van der Waals surface area contributed by atoms with E-state index in [1.807, 2.05) is 0 Å². The van der Waals surface area contributed by atoms with Gasteiger partial charge in [0, 0.05) is 11.4 Å². The Hall–Kier alpha value is -0.740. The van der Waals surface area contributed by atoms with Crippen molar-refractivity contribution in [3.8, 4) is 5.75 Å². The van der Waals surface area contributed by atoms with Gasteiger partial charge in [-0.1, -0.05) is 11.6 Å². The molecule has 0 fully saturated rings. The molecule has 0 atom stereocenters. The fourth-order valence-corrected chi connectivity index (χ4v) is 1.32. The van der Waals surface area contributed by atoms with Crippen LogP contribution in [0.4, 0.5) is 5.69 Å². The van der Waals surface area contributed by atoms with Crippen LogP contribution in [0.2, 0.25) is 5.02 Å². The molecular formula is C8H7BrClNO2. The Morgan fingerprint density at radius 3 is 2.77 bits per heavy atom. The number of anilines is 1. The minimum absolute atomic E-state index is 0.133. The van der Waals surface area contributed by atoms with Crippen LogP contribution in [0.25, 0.3) is 0 Å². The van der Waals surface area contributed by atoms with Gasteiger partial charge in [0.2, 0.25) is 5.91 Å². The first-order chi connectivity index (χ1) is 6.02. The van der Waals surface area contributed by atoms with Crippen LogP contribution in [-0.4, -0.2) is 11.0 Å². The average Bonchev–Trinajstić information content (AvgIpc) is 2.06. The highest BCUT2D eigenvalue weighted by atomic mass is 79.9. The van der Waals surface area contributed by atoms with Crippen LogP contribution in [0.15, 0.2) is 16.6 Å². The molecule has 70 valence electrons. The van der Waals surface area contributed by atoms with Gasteiger partial charge in [0.05, 0.1) is 10.7 Å². The lowest BCUT2D eigenvalue weighted by Gasteiger charge is -2.07. The van der Waals surface area contributed by atoms with Gasteiger partial charge in [-0.3, -0.25) is 4.79 Å². The number of benzene rings is 1. The molecular weight excluding hydrogens is 257 g/mol. The normalized spacial score (nSPS) is 9.77. The second kappa shape index (κ2) is 3.98. The lowest BCUT2D eigenvalue weighted by molar-refractivity contribution is -0.114. The number of carbonyl (C=O) groups excluding carboxylic acids is 1. The van der Waals surface area contributed by atoms with E-state index in [9.17, 15) is 9.90 Å². The van der Waals surface area contributed by atoms with Gasteiger partial charge in [0.15, 0.2) is 5.75 Å². The molecule has 2 N–H and O–H groups in total. The molecule has 13 heavy (non-hydrogen) atoms. The third-order valence-electron chi connectivity index (χ3n) is 1.38. The topological polar surface area (TPSA) is 49.3 Å². The zero-order valence-electron chi connectivity index (χ0n) is 6.77. The Bertz CT molecular complexity index is 354. The van der Waals surface area contributed by atoms with Gasteiger partial charge in [0.25, 0.3) is 0 Å². The van der Waals surface area contributed by atoms with E-state index in [1.165, 1.54) is 6.92 Å². The molecule has 0 saturated heterocycles. The van der Waals surface area contributed by atoms with Gasteiger partial charge >= 0.3 is 0 Å². The van der Waals surface area contributed by atoms with Crippen molar-refractivity contribution in [2.24, 2.45) is 0 Å². The van der Waals surface area contributed by atoms with Crippen molar-refractivity contribution in [1.82, 2.24) is 0 Å². The van der Waals surface area contributed by atoms with Crippen LogP contribution in [0.3, 0.4) is 0 Å². The highest BCUT2D eigenvalue weighted by Crippen LogP contribution is 2.37. The molecule has 1 aromatic carbocycles. The minimum atomic E-state index is -0.256. The number of carbonyl (C=O) groups is 1. The number of halogens is 2. The van der Waals surface area contributed by atoms with Crippen LogP contribution in [-0.2, 0) is 4.79 Å². The highest BCUT2D eigenvalue weighted by molar-refractivity contribution is 9.10. The molecule has 0 bridgehead atoms. The molecule has 1 amide bonds. The summed E-state index contributed by atoms with van der Waals surface area (Å²) in [5.74, 6) is -0.389. The smallest absolute Gasteiger partial charge is 0.221 e. The maximum atomic E-state index is 10.7. The number of hydrogen-bond donors (Lipinski definition) is 2. The van der Waals surface area contributed by atoms with Crippen molar-refractivity contribution in [3.05, 3.63) is 21.6 Å². The van der Waals surface area contributed by atoms with E-state index in [-0.39, 0.29) is 16.7 Å². The van der Waals surface area contributed by atoms with Gasteiger partial charge in [-0.15, -0.1) is 0 Å². The molecule has 3 nitrogen and oxygen atoms in total. The third-order valence-corrected chi connectivity index (χ3v) is 2.65. The zero-order valence-corrected chi connectivity index (χ0v) is 9.11. The molecule has 0 saturated carbocycles. The molecule has 0 aliphatic heterocycles. The Morgan fingerprint density at radius 1 is 1.62 bits per heavy atom. The first-order valence-corrected chi connectivity index (χ1v) is 4.64. The van der Waals surface area contributed by atoms with Gasteiger partial charge < -0.3 is 10.4 Å². The Kier molecular flexibility index (Phi) is 3.17. The van der Waals surface area contributed by atoms with E-state index in [4.69, 9.17) is 11.6 Å². The van der Waals surface area contributed by atoms with Crippen LogP contribution >= 0.6 is 27.5 Å². The highest BCUT2D eigenvalue weighted by Gasteiger charge is 2.09. The average molecular weight is 265 g/mol. The number of phenolic OH excluding ortho intramolecular Hbond substituents is 1. The van der Waals surface area contributed by atoms with Gasteiger partial charge in [-0.05, 0) is 28.1 Å². The van der Waals surface area contributed by atoms with E-state index in [0.29, 0.717) is 10.2 Å². The second-order valence-electron chi connectivity index (χ2n) is 2.44. The third kappa shape index (κ3) is 2.35. The van der Waals surface area contributed by atoms with Crippen molar-refractivity contribution in [2.45, 2.75) is 6.92 Å². The SMILES string of the molecule is CC(=O)Nc1ccc(Br)c(Cl)c1O. The van der Waals surface area contributed by atoms with Crippen molar-refractivity contribution in [1.29, 1.82) is 0 Å². The van der Waals surface area contributed by atoms with Crippen molar-refractivity contribution in [3.63, 3.8) is 0 Å². The second-order valence-corrected chi connectivity index (χ2v) is 3.67. The molecule has 0 unspecified atom stereocenters. The fourth-order valence-electron chi connectivity index (χ4n) is 0.830. The molecule has 0 aromatic heterocycles. The summed E-state index contributed by atoms with van der Waals surface area (Å²) < 4.78 is 0.584. The number of nitrogens with one attached hydrogen (secondary N) is 1. The van der Waals surface area contributed by atoms with Crippen LogP contribution < -0.4 is 5.32 Å². The van der Waals surface area contributed by atoms with Gasteiger partial charge in [-0.25, -0.2) is 0 Å². The number of amides is 1. The lowest BCUT2D eigenvalue weighted by atomic mass is 10.3. The van der Waals surface area contributed by atoms with Crippen LogP contribution in [0.1, 0.15) is 6.92 Å². The maximum Gasteiger partial charge on any atom is 0.221 e. The number of phenols is 1. The summed E-state index contributed by atoms with van der Waals surface area (Å²) in [5, 5.41) is 12.1. The molecule has 1 aromatic rings. The summed E-state index contributed by atoms with van der Waals surface area (Å²) in [6.45, 7) is 1.36. The van der Waals surface area contributed by atoms with Crippen molar-refractivity contribution >= 4 is 39.1 Å². The molecule has 0 aliphatic rings. The molecule has 0 aliphatic carbocycles. The predicted molar refractivity (Wildman–Crippen MR) is 55.1 cm³/mol. The molecule has 1 rings (SSSR count). The van der Waals surface area contributed by atoms with Crippen LogP contribution in [0.5, 0.6) is 5.75 Å². The predicted octanol–water partition coefficient (Wildman–Crippen LogP) is 2.77. The summed E-state index contributed by atoms with van der Waals surface area (Å²) in [7, 11) is 0. The van der Waals surface area contributed by atoms with Crippen molar-refractivity contribution < 1.29 is 9.90 Å². The standard InChI is InChI=1S/C8H7BrClNO2/c1-4(12)11-6-3-2-5(9)7(10)8(6)13/h2-3,13H,1H3,(H,11,12). The molecule has 0 radical (unpaired) electrons. The van der Waals surface area contributed by atoms with E-state index in [2.05, 4.69) is 21.2 Å². The minimum Gasteiger partial charge on any atom is -0.504 e. The summed E-state index contributed by atoms with van der Waals surface area (Å²) in [4.78, 5) is 10.7. The molecule has 0 spiro atoms. The van der Waals surface area contributed by atoms with Gasteiger partial charge in [0.1, 0.15) is 0 Å². The first-order valence-electron chi connectivity index (χ1n) is 3.47. The number of aromatic hydroxyl groups is 1. The van der Waals surface area contributed by atoms with Gasteiger partial charge in [-0.2, -0.15) is 0 Å². The van der Waals surface area contributed by atoms with E-state index in [0.717, 1.165) is 0 Å². The number of hydrogen-bond acceptors (Lipinski definition) is 2. The Balaban J connectivity index is 3.10. The van der Waals surface area contributed by atoms with E-state index >= 15 is 0 Å². The molecule has 5 heteroatoms. The zero-order chi connectivity index (χ0) is 10.0. The van der Waals surface area contributed by atoms with E-state index < -0.39 is 0 Å². The maximum absolute atomic E-state index is 10.7. The summed E-state index contributed by atoms with van der Waals surface area (Å²) in [5.41, 5.74) is 0.306. The van der Waals surface area contributed by atoms with E-state index in [1.54, 1.807) is 12.1 Å². The first kappa shape index (κ1) is 10.3. The quantitative estimate of drug-likeness (QED) is 0.766. The molecule has 0 heterocycles.